The quantitative estimate of drug-likeness (QED) is 0.784. The van der Waals surface area contributed by atoms with Crippen LogP contribution in [0.2, 0.25) is 0 Å². The Morgan fingerprint density at radius 2 is 1.83 bits per heavy atom. The Morgan fingerprint density at radius 3 is 2.46 bits per heavy atom. The van der Waals surface area contributed by atoms with Crippen molar-refractivity contribution >= 4 is 12.0 Å². The van der Waals surface area contributed by atoms with Crippen LogP contribution in [0.5, 0.6) is 5.75 Å². The lowest BCUT2D eigenvalue weighted by Gasteiger charge is -2.23. The topological polar surface area (TPSA) is 51.2 Å². The minimum Gasteiger partial charge on any atom is -0.489 e. The van der Waals surface area contributed by atoms with Crippen molar-refractivity contribution in [3.63, 3.8) is 0 Å². The molecule has 1 aromatic heterocycles. The average Bonchev–Trinajstić information content (AvgIpc) is 2.59. The number of nitrogens with one attached hydrogen (secondary N) is 1. The number of nitrogens with zero attached hydrogens (tertiary/aromatic N) is 1. The third-order valence-corrected chi connectivity index (χ3v) is 3.81. The van der Waals surface area contributed by atoms with Gasteiger partial charge in [0.1, 0.15) is 12.4 Å². The zero-order chi connectivity index (χ0) is 17.4. The van der Waals surface area contributed by atoms with E-state index in [0.29, 0.717) is 6.61 Å². The molecule has 0 bridgehead atoms. The highest BCUT2D eigenvalue weighted by Gasteiger charge is 2.15. The highest BCUT2D eigenvalue weighted by Crippen LogP contribution is 2.15. The number of ether oxygens (including phenoxy) is 1. The number of hydrogen-bond acceptors (Lipinski definition) is 3. The first-order valence-corrected chi connectivity index (χ1v) is 8.10. The Labute approximate surface area is 143 Å². The summed E-state index contributed by atoms with van der Waals surface area (Å²) in [5, 5.41) is 2.97. The van der Waals surface area contributed by atoms with Gasteiger partial charge in [-0.05, 0) is 61.7 Å². The molecular weight excluding hydrogens is 300 g/mol. The Bertz CT molecular complexity index is 677. The molecule has 1 amide bonds. The number of carbonyl (C=O) groups excluding carboxylic acids is 1. The number of benzene rings is 1. The molecule has 1 aromatic carbocycles. The summed E-state index contributed by atoms with van der Waals surface area (Å²) in [7, 11) is 0. The van der Waals surface area contributed by atoms with Crippen molar-refractivity contribution in [3.8, 4) is 5.75 Å². The van der Waals surface area contributed by atoms with E-state index in [-0.39, 0.29) is 11.4 Å². The molecule has 0 radical (unpaired) electrons. The van der Waals surface area contributed by atoms with Crippen molar-refractivity contribution in [2.24, 2.45) is 0 Å². The third kappa shape index (κ3) is 5.88. The van der Waals surface area contributed by atoms with Crippen molar-refractivity contribution in [1.82, 2.24) is 10.3 Å². The summed E-state index contributed by atoms with van der Waals surface area (Å²) in [5.74, 6) is 0.709. The Morgan fingerprint density at radius 1 is 1.17 bits per heavy atom. The van der Waals surface area contributed by atoms with Gasteiger partial charge in [0.15, 0.2) is 0 Å². The van der Waals surface area contributed by atoms with E-state index in [1.807, 2.05) is 50.2 Å². The first-order valence-electron chi connectivity index (χ1n) is 8.10. The Kier molecular flexibility index (Phi) is 6.13. The van der Waals surface area contributed by atoms with Gasteiger partial charge in [-0.2, -0.15) is 0 Å². The molecule has 24 heavy (non-hydrogen) atoms. The highest BCUT2D eigenvalue weighted by molar-refractivity contribution is 5.92. The summed E-state index contributed by atoms with van der Waals surface area (Å²) in [6.07, 6.45) is 7.74. The van der Waals surface area contributed by atoms with Crippen LogP contribution in [0.3, 0.4) is 0 Å². The van der Waals surface area contributed by atoms with Gasteiger partial charge >= 0.3 is 0 Å². The van der Waals surface area contributed by atoms with Crippen LogP contribution in [0, 0.1) is 0 Å². The van der Waals surface area contributed by atoms with Crippen LogP contribution >= 0.6 is 0 Å². The molecule has 1 heterocycles. The van der Waals surface area contributed by atoms with E-state index in [0.717, 1.165) is 23.3 Å². The van der Waals surface area contributed by atoms with Gasteiger partial charge in [0.2, 0.25) is 5.91 Å². The standard InChI is InChI=1S/C20H24N2O2/c1-4-20(2,3)22-19(23)10-7-16-5-8-18(9-6-16)24-15-17-11-13-21-14-12-17/h5-14H,4,15H2,1-3H3,(H,22,23)/b10-7+. The Balaban J connectivity index is 1.87. The normalized spacial score (nSPS) is 11.5. The second-order valence-corrected chi connectivity index (χ2v) is 6.27. The van der Waals surface area contributed by atoms with Crippen LogP contribution in [0.25, 0.3) is 6.08 Å². The van der Waals surface area contributed by atoms with Gasteiger partial charge in [0.25, 0.3) is 0 Å². The van der Waals surface area contributed by atoms with E-state index in [2.05, 4.69) is 17.2 Å². The zero-order valence-electron chi connectivity index (χ0n) is 14.5. The fourth-order valence-electron chi connectivity index (χ4n) is 1.96. The number of pyridine rings is 1. The second-order valence-electron chi connectivity index (χ2n) is 6.27. The van der Waals surface area contributed by atoms with E-state index in [1.54, 1.807) is 24.5 Å². The first kappa shape index (κ1) is 17.7. The molecule has 0 aliphatic heterocycles. The minimum absolute atomic E-state index is 0.0835. The maximum absolute atomic E-state index is 11.9. The summed E-state index contributed by atoms with van der Waals surface area (Å²) in [6, 6.07) is 11.5. The molecule has 0 saturated carbocycles. The third-order valence-electron chi connectivity index (χ3n) is 3.81. The van der Waals surface area contributed by atoms with Gasteiger partial charge in [-0.3, -0.25) is 9.78 Å². The molecule has 0 fully saturated rings. The van der Waals surface area contributed by atoms with Crippen LogP contribution in [0.15, 0.2) is 54.9 Å². The lowest BCUT2D eigenvalue weighted by molar-refractivity contribution is -0.117. The lowest BCUT2D eigenvalue weighted by Crippen LogP contribution is -2.41. The molecule has 2 rings (SSSR count). The van der Waals surface area contributed by atoms with Crippen molar-refractivity contribution in [2.45, 2.75) is 39.3 Å². The van der Waals surface area contributed by atoms with Gasteiger partial charge < -0.3 is 10.1 Å². The van der Waals surface area contributed by atoms with Crippen molar-refractivity contribution in [3.05, 3.63) is 66.0 Å². The molecule has 1 N–H and O–H groups in total. The largest absolute Gasteiger partial charge is 0.489 e. The fraction of sp³-hybridized carbons (Fsp3) is 0.300. The van der Waals surface area contributed by atoms with Crippen LogP contribution in [0.1, 0.15) is 38.3 Å². The van der Waals surface area contributed by atoms with E-state index >= 15 is 0 Å². The van der Waals surface area contributed by atoms with Gasteiger partial charge in [0, 0.05) is 24.0 Å². The van der Waals surface area contributed by atoms with Gasteiger partial charge in [-0.15, -0.1) is 0 Å². The van der Waals surface area contributed by atoms with E-state index in [4.69, 9.17) is 4.74 Å². The number of rotatable bonds is 7. The molecule has 0 aliphatic carbocycles. The highest BCUT2D eigenvalue weighted by atomic mass is 16.5. The number of amides is 1. The smallest absolute Gasteiger partial charge is 0.244 e. The average molecular weight is 324 g/mol. The molecule has 0 spiro atoms. The second kappa shape index (κ2) is 8.29. The molecule has 4 heteroatoms. The van der Waals surface area contributed by atoms with E-state index in [1.165, 1.54) is 0 Å². The van der Waals surface area contributed by atoms with Gasteiger partial charge in [0.05, 0.1) is 0 Å². The van der Waals surface area contributed by atoms with Gasteiger partial charge in [-0.25, -0.2) is 0 Å². The first-order chi connectivity index (χ1) is 11.5. The number of carbonyl (C=O) groups is 1. The van der Waals surface area contributed by atoms with Crippen LogP contribution in [0.4, 0.5) is 0 Å². The summed E-state index contributed by atoms with van der Waals surface area (Å²) in [6.45, 7) is 6.57. The monoisotopic (exact) mass is 324 g/mol. The molecular formula is C20H24N2O2. The summed E-state index contributed by atoms with van der Waals surface area (Å²) < 4.78 is 5.72. The van der Waals surface area contributed by atoms with Crippen LogP contribution < -0.4 is 10.1 Å². The van der Waals surface area contributed by atoms with Crippen molar-refractivity contribution in [1.29, 1.82) is 0 Å². The van der Waals surface area contributed by atoms with E-state index in [9.17, 15) is 4.79 Å². The maximum atomic E-state index is 11.9. The summed E-state index contributed by atoms with van der Waals surface area (Å²) >= 11 is 0. The fourth-order valence-corrected chi connectivity index (χ4v) is 1.96. The van der Waals surface area contributed by atoms with Crippen LogP contribution in [-0.2, 0) is 11.4 Å². The van der Waals surface area contributed by atoms with Crippen molar-refractivity contribution in [2.75, 3.05) is 0 Å². The predicted molar refractivity (Wildman–Crippen MR) is 96.6 cm³/mol. The molecule has 0 aliphatic rings. The molecule has 2 aromatic rings. The van der Waals surface area contributed by atoms with Crippen molar-refractivity contribution < 1.29 is 9.53 Å². The Hall–Kier alpha value is -2.62. The summed E-state index contributed by atoms with van der Waals surface area (Å²) in [4.78, 5) is 15.9. The molecule has 4 nitrogen and oxygen atoms in total. The lowest BCUT2D eigenvalue weighted by atomic mass is 10.0. The maximum Gasteiger partial charge on any atom is 0.244 e. The zero-order valence-corrected chi connectivity index (χ0v) is 14.5. The molecule has 0 saturated heterocycles. The van der Waals surface area contributed by atoms with E-state index < -0.39 is 0 Å². The number of hydrogen-bond donors (Lipinski definition) is 1. The molecule has 0 unspecified atom stereocenters. The van der Waals surface area contributed by atoms with Gasteiger partial charge in [-0.1, -0.05) is 19.1 Å². The SMILES string of the molecule is CCC(C)(C)NC(=O)/C=C/c1ccc(OCc2ccncc2)cc1. The minimum atomic E-state index is -0.188. The van der Waals surface area contributed by atoms with Crippen LogP contribution in [-0.4, -0.2) is 16.4 Å². The molecule has 126 valence electrons. The predicted octanol–water partition coefficient (Wildman–Crippen LogP) is 3.98. The summed E-state index contributed by atoms with van der Waals surface area (Å²) in [5.41, 5.74) is 1.84. The molecule has 0 atom stereocenters. The number of aromatic nitrogens is 1.